The highest BCUT2D eigenvalue weighted by Crippen LogP contribution is 2.28. The number of aliphatic hydroxyl groups excluding tert-OH is 3. The third kappa shape index (κ3) is 1.95. The van der Waals surface area contributed by atoms with Gasteiger partial charge < -0.3 is 15.3 Å². The molecule has 11 heavy (non-hydrogen) atoms. The van der Waals surface area contributed by atoms with Crippen LogP contribution < -0.4 is 0 Å². The second-order valence-corrected chi connectivity index (χ2v) is 4.72. The first-order valence-electron chi connectivity index (χ1n) is 3.09. The maximum Gasteiger partial charge on any atom is 0.111 e. The zero-order chi connectivity index (χ0) is 8.59. The summed E-state index contributed by atoms with van der Waals surface area (Å²) < 4.78 is 0.582. The topological polar surface area (TPSA) is 60.7 Å². The molecule has 5 heteroatoms. The van der Waals surface area contributed by atoms with Crippen LogP contribution in [0.4, 0.5) is 0 Å². The minimum atomic E-state index is -0.929. The fraction of sp³-hybridized carbons (Fsp3) is 0.667. The summed E-state index contributed by atoms with van der Waals surface area (Å²) in [6.07, 6.45) is -0.997. The molecule has 0 spiro atoms. The summed E-state index contributed by atoms with van der Waals surface area (Å²) in [5.74, 6) is 0. The molecular weight excluding hydrogens is 327 g/mol. The van der Waals surface area contributed by atoms with Crippen LogP contribution in [0.2, 0.25) is 0 Å². The smallest absolute Gasteiger partial charge is 0.111 e. The molecule has 0 heterocycles. The van der Waals surface area contributed by atoms with Gasteiger partial charge in [-0.1, -0.05) is 15.9 Å². The Kier molecular flexibility index (Phi) is 3.33. The number of hydrogen-bond donors (Lipinski definition) is 3. The second-order valence-electron chi connectivity index (χ2n) is 2.42. The summed E-state index contributed by atoms with van der Waals surface area (Å²) in [5.41, 5.74) is 0. The molecule has 0 aromatic carbocycles. The quantitative estimate of drug-likeness (QED) is 0.437. The van der Waals surface area contributed by atoms with Crippen molar-refractivity contribution >= 4 is 38.5 Å². The first-order valence-corrected chi connectivity index (χ1v) is 5.09. The van der Waals surface area contributed by atoms with Crippen LogP contribution in [0.5, 0.6) is 0 Å². The molecule has 0 aliphatic heterocycles. The standard InChI is InChI=1S/C6H8BrIO3/c7-4-3(9)1-2(8)5(10)6(4)11/h1,3-6,9-11H/t3-,4+,5+,6-/m0/s1. The van der Waals surface area contributed by atoms with Gasteiger partial charge in [-0.05, 0) is 28.7 Å². The lowest BCUT2D eigenvalue weighted by molar-refractivity contribution is 0.0166. The summed E-state index contributed by atoms with van der Waals surface area (Å²) in [4.78, 5) is -0.476. The van der Waals surface area contributed by atoms with Gasteiger partial charge in [0.1, 0.15) is 6.10 Å². The Morgan fingerprint density at radius 2 is 1.91 bits per heavy atom. The molecule has 0 bridgehead atoms. The van der Waals surface area contributed by atoms with Crippen molar-refractivity contribution in [3.63, 3.8) is 0 Å². The Morgan fingerprint density at radius 1 is 1.36 bits per heavy atom. The molecule has 0 aromatic rings. The van der Waals surface area contributed by atoms with E-state index in [1.807, 2.05) is 22.6 Å². The van der Waals surface area contributed by atoms with Gasteiger partial charge in [-0.2, -0.15) is 0 Å². The molecule has 0 saturated carbocycles. The van der Waals surface area contributed by atoms with Crippen molar-refractivity contribution in [1.29, 1.82) is 0 Å². The number of hydrogen-bond acceptors (Lipinski definition) is 3. The van der Waals surface area contributed by atoms with E-state index < -0.39 is 23.1 Å². The Morgan fingerprint density at radius 3 is 2.45 bits per heavy atom. The van der Waals surface area contributed by atoms with E-state index >= 15 is 0 Å². The van der Waals surface area contributed by atoms with E-state index in [0.717, 1.165) is 0 Å². The molecule has 0 amide bonds. The zero-order valence-electron chi connectivity index (χ0n) is 5.48. The molecule has 1 aliphatic rings. The monoisotopic (exact) mass is 334 g/mol. The minimum Gasteiger partial charge on any atom is -0.389 e. The van der Waals surface area contributed by atoms with Gasteiger partial charge in [0.15, 0.2) is 0 Å². The van der Waals surface area contributed by atoms with Crippen LogP contribution in [0.15, 0.2) is 9.66 Å². The predicted molar refractivity (Wildman–Crippen MR) is 52.8 cm³/mol. The van der Waals surface area contributed by atoms with Crippen LogP contribution >= 0.6 is 38.5 Å². The lowest BCUT2D eigenvalue weighted by Gasteiger charge is -2.29. The third-order valence-electron chi connectivity index (χ3n) is 1.59. The van der Waals surface area contributed by atoms with Crippen molar-refractivity contribution in [2.24, 2.45) is 0 Å². The molecule has 1 aliphatic carbocycles. The Bertz CT molecular complexity index is 185. The maximum atomic E-state index is 9.28. The van der Waals surface area contributed by atoms with E-state index in [1.54, 1.807) is 0 Å². The van der Waals surface area contributed by atoms with Crippen molar-refractivity contribution in [2.45, 2.75) is 23.1 Å². The van der Waals surface area contributed by atoms with Gasteiger partial charge in [0.05, 0.1) is 17.0 Å². The highest BCUT2D eigenvalue weighted by Gasteiger charge is 2.34. The van der Waals surface area contributed by atoms with Gasteiger partial charge in [0.25, 0.3) is 0 Å². The summed E-state index contributed by atoms with van der Waals surface area (Å²) in [5, 5.41) is 27.8. The lowest BCUT2D eigenvalue weighted by atomic mass is 10.00. The molecule has 3 nitrogen and oxygen atoms in total. The first-order chi connectivity index (χ1) is 5.04. The van der Waals surface area contributed by atoms with Gasteiger partial charge in [0, 0.05) is 3.58 Å². The Balaban J connectivity index is 2.83. The van der Waals surface area contributed by atoms with Crippen molar-refractivity contribution in [2.75, 3.05) is 0 Å². The van der Waals surface area contributed by atoms with E-state index in [9.17, 15) is 15.3 Å². The molecular formula is C6H8BrIO3. The van der Waals surface area contributed by atoms with Crippen LogP contribution in [-0.2, 0) is 0 Å². The average Bonchev–Trinajstić information content (AvgIpc) is 1.97. The maximum absolute atomic E-state index is 9.28. The van der Waals surface area contributed by atoms with Crippen molar-refractivity contribution in [3.8, 4) is 0 Å². The Labute approximate surface area is 86.4 Å². The van der Waals surface area contributed by atoms with Gasteiger partial charge in [-0.25, -0.2) is 0 Å². The van der Waals surface area contributed by atoms with Gasteiger partial charge >= 0.3 is 0 Å². The van der Waals surface area contributed by atoms with E-state index in [1.165, 1.54) is 6.08 Å². The highest BCUT2D eigenvalue weighted by molar-refractivity contribution is 14.1. The molecule has 64 valence electrons. The molecule has 0 fully saturated rings. The molecule has 0 unspecified atom stereocenters. The predicted octanol–water partition coefficient (Wildman–Crippen LogP) is 0.165. The SMILES string of the molecule is O[C@H]1[C@H](Br)[C@@H](O)C=C(I)[C@H]1O. The van der Waals surface area contributed by atoms with Crippen LogP contribution in [0.25, 0.3) is 0 Å². The fourth-order valence-electron chi connectivity index (χ4n) is 0.893. The molecule has 0 radical (unpaired) electrons. The third-order valence-corrected chi connectivity index (χ3v) is 3.67. The normalized spacial score (nSPS) is 45.4. The summed E-state index contributed by atoms with van der Waals surface area (Å²) in [6, 6.07) is 0. The van der Waals surface area contributed by atoms with Crippen molar-refractivity contribution in [1.82, 2.24) is 0 Å². The van der Waals surface area contributed by atoms with Crippen molar-refractivity contribution < 1.29 is 15.3 Å². The fourth-order valence-corrected chi connectivity index (χ4v) is 2.07. The summed E-state index contributed by atoms with van der Waals surface area (Å²) in [7, 11) is 0. The number of aliphatic hydroxyl groups is 3. The molecule has 4 atom stereocenters. The van der Waals surface area contributed by atoms with E-state index in [2.05, 4.69) is 15.9 Å². The molecule has 1 rings (SSSR count). The first kappa shape index (κ1) is 9.91. The zero-order valence-corrected chi connectivity index (χ0v) is 9.23. The average molecular weight is 335 g/mol. The second kappa shape index (κ2) is 3.69. The lowest BCUT2D eigenvalue weighted by Crippen LogP contribution is -2.44. The van der Waals surface area contributed by atoms with Gasteiger partial charge in [0.2, 0.25) is 0 Å². The van der Waals surface area contributed by atoms with E-state index in [0.29, 0.717) is 3.58 Å². The summed E-state index contributed by atoms with van der Waals surface area (Å²) in [6.45, 7) is 0. The van der Waals surface area contributed by atoms with Crippen LogP contribution in [-0.4, -0.2) is 38.5 Å². The Hall–Kier alpha value is 0.830. The molecule has 0 aromatic heterocycles. The van der Waals surface area contributed by atoms with E-state index in [4.69, 9.17) is 0 Å². The van der Waals surface area contributed by atoms with Crippen LogP contribution in [0, 0.1) is 0 Å². The number of alkyl halides is 1. The van der Waals surface area contributed by atoms with Crippen LogP contribution in [0.3, 0.4) is 0 Å². The number of rotatable bonds is 0. The summed E-state index contributed by atoms with van der Waals surface area (Å²) >= 11 is 4.97. The van der Waals surface area contributed by atoms with Crippen molar-refractivity contribution in [3.05, 3.63) is 9.66 Å². The van der Waals surface area contributed by atoms with Gasteiger partial charge in [-0.15, -0.1) is 0 Å². The van der Waals surface area contributed by atoms with Gasteiger partial charge in [-0.3, -0.25) is 0 Å². The van der Waals surface area contributed by atoms with Crippen LogP contribution in [0.1, 0.15) is 0 Å². The largest absolute Gasteiger partial charge is 0.389 e. The van der Waals surface area contributed by atoms with E-state index in [-0.39, 0.29) is 0 Å². The molecule has 0 saturated heterocycles. The number of halogens is 2. The molecule has 3 N–H and O–H groups in total. The highest BCUT2D eigenvalue weighted by atomic mass is 127. The minimum absolute atomic E-state index is 0.476.